The summed E-state index contributed by atoms with van der Waals surface area (Å²) in [6.45, 7) is 4.62. The molecule has 0 bridgehead atoms. The molecule has 1 aromatic carbocycles. The molecule has 1 aromatic heterocycles. The van der Waals surface area contributed by atoms with Gasteiger partial charge in [-0.15, -0.1) is 10.2 Å². The highest BCUT2D eigenvalue weighted by atomic mass is 16.2. The molecule has 1 fully saturated rings. The Balaban J connectivity index is 1.43. The average molecular weight is 324 g/mol. The molecule has 0 atom stereocenters. The first-order valence-electron chi connectivity index (χ1n) is 9.05. The smallest absolute Gasteiger partial charge is 0.253 e. The zero-order chi connectivity index (χ0) is 16.5. The Morgan fingerprint density at radius 1 is 1.21 bits per heavy atom. The van der Waals surface area contributed by atoms with E-state index in [1.165, 1.54) is 17.5 Å². The maximum absolute atomic E-state index is 12.8. The molecule has 24 heavy (non-hydrogen) atoms. The lowest BCUT2D eigenvalue weighted by Gasteiger charge is -2.31. The lowest BCUT2D eigenvalue weighted by atomic mass is 9.95. The van der Waals surface area contributed by atoms with Crippen molar-refractivity contribution in [1.82, 2.24) is 19.7 Å². The molecule has 1 aliphatic heterocycles. The first kappa shape index (κ1) is 15.4. The van der Waals surface area contributed by atoms with E-state index in [9.17, 15) is 4.79 Å². The van der Waals surface area contributed by atoms with Crippen LogP contribution in [0.2, 0.25) is 0 Å². The van der Waals surface area contributed by atoms with Crippen LogP contribution < -0.4 is 0 Å². The third-order valence-electron chi connectivity index (χ3n) is 5.48. The number of hydrogen-bond donors (Lipinski definition) is 0. The first-order valence-corrected chi connectivity index (χ1v) is 9.05. The topological polar surface area (TPSA) is 51.0 Å². The lowest BCUT2D eigenvalue weighted by Crippen LogP contribution is -2.38. The summed E-state index contributed by atoms with van der Waals surface area (Å²) in [6, 6.07) is 6.27. The number of aromatic nitrogens is 3. The summed E-state index contributed by atoms with van der Waals surface area (Å²) < 4.78 is 2.11. The van der Waals surface area contributed by atoms with Crippen molar-refractivity contribution in [2.24, 2.45) is 0 Å². The maximum Gasteiger partial charge on any atom is 0.253 e. The van der Waals surface area contributed by atoms with E-state index in [0.29, 0.717) is 5.92 Å². The number of benzene rings is 1. The summed E-state index contributed by atoms with van der Waals surface area (Å²) in [5.74, 6) is 1.67. The minimum atomic E-state index is 0.181. The Kier molecular flexibility index (Phi) is 4.08. The van der Waals surface area contributed by atoms with Crippen molar-refractivity contribution in [1.29, 1.82) is 0 Å². The van der Waals surface area contributed by atoms with Gasteiger partial charge in [-0.05, 0) is 62.3 Å². The van der Waals surface area contributed by atoms with Crippen LogP contribution in [0.5, 0.6) is 0 Å². The SMILES string of the molecule is CCn1cnnc1C1CCN(C(=O)c2ccc3c(c2)CCC3)CC1. The molecular weight excluding hydrogens is 300 g/mol. The van der Waals surface area contributed by atoms with E-state index in [2.05, 4.69) is 33.8 Å². The molecule has 2 heterocycles. The number of hydrogen-bond acceptors (Lipinski definition) is 3. The van der Waals surface area contributed by atoms with E-state index in [4.69, 9.17) is 0 Å². The van der Waals surface area contributed by atoms with Crippen molar-refractivity contribution in [3.05, 3.63) is 47.0 Å². The number of likely N-dealkylation sites (tertiary alicyclic amines) is 1. The average Bonchev–Trinajstić information content (AvgIpc) is 3.29. The Morgan fingerprint density at radius 3 is 2.79 bits per heavy atom. The molecule has 1 aliphatic carbocycles. The van der Waals surface area contributed by atoms with Gasteiger partial charge in [0.05, 0.1) is 0 Å². The first-order chi connectivity index (χ1) is 11.8. The molecule has 0 radical (unpaired) electrons. The van der Waals surface area contributed by atoms with E-state index in [-0.39, 0.29) is 5.91 Å². The van der Waals surface area contributed by atoms with Gasteiger partial charge in [-0.25, -0.2) is 0 Å². The van der Waals surface area contributed by atoms with E-state index >= 15 is 0 Å². The predicted octanol–water partition coefficient (Wildman–Crippen LogP) is 2.81. The van der Waals surface area contributed by atoms with Crippen LogP contribution in [0.3, 0.4) is 0 Å². The fourth-order valence-electron chi connectivity index (χ4n) is 4.05. The van der Waals surface area contributed by atoms with Crippen molar-refractivity contribution < 1.29 is 4.79 Å². The number of aryl methyl sites for hydroxylation is 3. The lowest BCUT2D eigenvalue weighted by molar-refractivity contribution is 0.0710. The van der Waals surface area contributed by atoms with Gasteiger partial charge in [-0.2, -0.15) is 0 Å². The largest absolute Gasteiger partial charge is 0.339 e. The second kappa shape index (κ2) is 6.38. The molecule has 4 rings (SSSR count). The summed E-state index contributed by atoms with van der Waals surface area (Å²) in [6.07, 6.45) is 7.23. The molecule has 0 N–H and O–H groups in total. The molecule has 1 saturated heterocycles. The van der Waals surface area contributed by atoms with Gasteiger partial charge in [0.2, 0.25) is 0 Å². The summed E-state index contributed by atoms with van der Waals surface area (Å²) in [7, 11) is 0. The number of fused-ring (bicyclic) bond motifs is 1. The van der Waals surface area contributed by atoms with Crippen molar-refractivity contribution in [2.45, 2.75) is 51.5 Å². The molecule has 2 aromatic rings. The van der Waals surface area contributed by atoms with Crippen LogP contribution in [0.15, 0.2) is 24.5 Å². The van der Waals surface area contributed by atoms with Crippen LogP contribution in [-0.4, -0.2) is 38.7 Å². The Labute approximate surface area is 142 Å². The molecule has 0 unspecified atom stereocenters. The van der Waals surface area contributed by atoms with Crippen LogP contribution in [0, 0.1) is 0 Å². The standard InChI is InChI=1S/C19H24N4O/c1-2-22-13-20-21-18(22)15-8-10-23(11-9-15)19(24)17-7-6-14-4-3-5-16(14)12-17/h6-7,12-13,15H,2-5,8-11H2,1H3. The normalized spacial score (nSPS) is 18.0. The predicted molar refractivity (Wildman–Crippen MR) is 92.0 cm³/mol. The summed E-state index contributed by atoms with van der Waals surface area (Å²) in [4.78, 5) is 14.8. The van der Waals surface area contributed by atoms with Gasteiger partial charge < -0.3 is 9.47 Å². The molecule has 5 heteroatoms. The number of amides is 1. The molecule has 0 saturated carbocycles. The third kappa shape index (κ3) is 2.72. The van der Waals surface area contributed by atoms with Crippen LogP contribution >= 0.6 is 0 Å². The van der Waals surface area contributed by atoms with Gasteiger partial charge in [0.1, 0.15) is 12.2 Å². The second-order valence-corrected chi connectivity index (χ2v) is 6.88. The summed E-state index contributed by atoms with van der Waals surface area (Å²) in [5.41, 5.74) is 3.64. The zero-order valence-electron chi connectivity index (χ0n) is 14.2. The fraction of sp³-hybridized carbons (Fsp3) is 0.526. The van der Waals surface area contributed by atoms with E-state index in [1.807, 2.05) is 11.0 Å². The number of rotatable bonds is 3. The van der Waals surface area contributed by atoms with Crippen molar-refractivity contribution in [3.8, 4) is 0 Å². The number of nitrogens with zero attached hydrogens (tertiary/aromatic N) is 4. The fourth-order valence-corrected chi connectivity index (χ4v) is 4.05. The van der Waals surface area contributed by atoms with E-state index in [0.717, 1.165) is 56.7 Å². The van der Waals surface area contributed by atoms with Crippen molar-refractivity contribution in [3.63, 3.8) is 0 Å². The molecule has 5 nitrogen and oxygen atoms in total. The number of carbonyl (C=O) groups is 1. The molecule has 1 amide bonds. The number of carbonyl (C=O) groups excluding carboxylic acids is 1. The van der Waals surface area contributed by atoms with E-state index in [1.54, 1.807) is 6.33 Å². The van der Waals surface area contributed by atoms with Crippen molar-refractivity contribution in [2.75, 3.05) is 13.1 Å². The highest BCUT2D eigenvalue weighted by Crippen LogP contribution is 2.28. The Morgan fingerprint density at radius 2 is 2.00 bits per heavy atom. The molecule has 126 valence electrons. The van der Waals surface area contributed by atoms with E-state index < -0.39 is 0 Å². The highest BCUT2D eigenvalue weighted by molar-refractivity contribution is 5.94. The summed E-state index contributed by atoms with van der Waals surface area (Å²) in [5, 5.41) is 8.32. The van der Waals surface area contributed by atoms with Gasteiger partial charge in [-0.3, -0.25) is 4.79 Å². The monoisotopic (exact) mass is 324 g/mol. The minimum absolute atomic E-state index is 0.181. The quantitative estimate of drug-likeness (QED) is 0.872. The highest BCUT2D eigenvalue weighted by Gasteiger charge is 2.27. The zero-order valence-corrected chi connectivity index (χ0v) is 14.2. The van der Waals surface area contributed by atoms with Crippen molar-refractivity contribution >= 4 is 5.91 Å². The molecule has 2 aliphatic rings. The van der Waals surface area contributed by atoms with Gasteiger partial charge in [0, 0.05) is 31.1 Å². The van der Waals surface area contributed by atoms with Gasteiger partial charge in [0.15, 0.2) is 0 Å². The van der Waals surface area contributed by atoms with Crippen LogP contribution in [0.4, 0.5) is 0 Å². The minimum Gasteiger partial charge on any atom is -0.339 e. The van der Waals surface area contributed by atoms with Gasteiger partial charge in [-0.1, -0.05) is 6.07 Å². The maximum atomic E-state index is 12.8. The number of piperidine rings is 1. The second-order valence-electron chi connectivity index (χ2n) is 6.88. The van der Waals surface area contributed by atoms with Crippen LogP contribution in [0.25, 0.3) is 0 Å². The third-order valence-corrected chi connectivity index (χ3v) is 5.48. The van der Waals surface area contributed by atoms with Gasteiger partial charge >= 0.3 is 0 Å². The Hall–Kier alpha value is -2.17. The molecule has 0 spiro atoms. The molecular formula is C19H24N4O. The van der Waals surface area contributed by atoms with Crippen LogP contribution in [-0.2, 0) is 19.4 Å². The van der Waals surface area contributed by atoms with Crippen LogP contribution in [0.1, 0.15) is 59.4 Å². The van der Waals surface area contributed by atoms with Gasteiger partial charge in [0.25, 0.3) is 5.91 Å². The Bertz CT molecular complexity index is 744. The summed E-state index contributed by atoms with van der Waals surface area (Å²) >= 11 is 0.